The van der Waals surface area contributed by atoms with E-state index in [2.05, 4.69) is 70.8 Å². The molecular weight excluding hydrogens is 408 g/mol. The maximum absolute atomic E-state index is 3.83. The van der Waals surface area contributed by atoms with Gasteiger partial charge in [0, 0.05) is 29.1 Å². The molecule has 0 bridgehead atoms. The van der Waals surface area contributed by atoms with Gasteiger partial charge in [-0.05, 0) is 48.1 Å². The zero-order valence-corrected chi connectivity index (χ0v) is 16.5. The first-order valence-electron chi connectivity index (χ1n) is 7.46. The molecule has 1 heterocycles. The molecule has 0 fully saturated rings. The fourth-order valence-corrected chi connectivity index (χ4v) is 6.28. The molecule has 2 aromatic carbocycles. The first kappa shape index (κ1) is 15.5. The van der Waals surface area contributed by atoms with Crippen LogP contribution in [-0.2, 0) is 19.3 Å². The van der Waals surface area contributed by atoms with Crippen LogP contribution in [0.4, 0.5) is 0 Å². The first-order chi connectivity index (χ1) is 10.1. The molecule has 0 N–H and O–H groups in total. The van der Waals surface area contributed by atoms with Gasteiger partial charge in [0.1, 0.15) is 0 Å². The minimum absolute atomic E-state index is 1.06. The Morgan fingerprint density at radius 3 is 2.14 bits per heavy atom. The molecule has 0 amide bonds. The lowest BCUT2D eigenvalue weighted by molar-refractivity contribution is 1.09. The standard InChI is InChI=1S/C18H18Br2S/c1-4-10-9-14-13-7-8-15(19)11(5-2)17(13)21-18(14)12(6-3)16(10)20/h7-9H,4-6H2,1-3H3. The van der Waals surface area contributed by atoms with Crippen LogP contribution in [0, 0.1) is 0 Å². The van der Waals surface area contributed by atoms with Crippen molar-refractivity contribution >= 4 is 63.4 Å². The molecule has 0 nitrogen and oxygen atoms in total. The summed E-state index contributed by atoms with van der Waals surface area (Å²) in [6.45, 7) is 6.71. The Hall–Kier alpha value is -0.380. The second-order valence-corrected chi connectivity index (χ2v) is 7.94. The number of halogens is 2. The fraction of sp³-hybridized carbons (Fsp3) is 0.333. The van der Waals surface area contributed by atoms with Crippen molar-refractivity contribution in [3.8, 4) is 0 Å². The van der Waals surface area contributed by atoms with Gasteiger partial charge in [0.15, 0.2) is 0 Å². The van der Waals surface area contributed by atoms with Crippen LogP contribution in [-0.4, -0.2) is 0 Å². The van der Waals surface area contributed by atoms with Crippen molar-refractivity contribution in [2.24, 2.45) is 0 Å². The smallest absolute Gasteiger partial charge is 0.0398 e. The molecule has 0 radical (unpaired) electrons. The normalized spacial score (nSPS) is 11.7. The lowest BCUT2D eigenvalue weighted by Gasteiger charge is -2.09. The van der Waals surface area contributed by atoms with Gasteiger partial charge in [0.2, 0.25) is 0 Å². The average molecular weight is 426 g/mol. The number of aryl methyl sites for hydroxylation is 3. The van der Waals surface area contributed by atoms with Crippen LogP contribution in [0.2, 0.25) is 0 Å². The van der Waals surface area contributed by atoms with Crippen molar-refractivity contribution in [2.45, 2.75) is 40.0 Å². The third-order valence-corrected chi connectivity index (χ3v) is 7.24. The third-order valence-electron chi connectivity index (χ3n) is 4.17. The van der Waals surface area contributed by atoms with Gasteiger partial charge in [-0.3, -0.25) is 0 Å². The predicted molar refractivity (Wildman–Crippen MR) is 103 cm³/mol. The maximum Gasteiger partial charge on any atom is 0.0398 e. The molecule has 0 unspecified atom stereocenters. The van der Waals surface area contributed by atoms with Crippen molar-refractivity contribution in [1.82, 2.24) is 0 Å². The lowest BCUT2D eigenvalue weighted by Crippen LogP contribution is -1.90. The van der Waals surface area contributed by atoms with E-state index in [0.29, 0.717) is 0 Å². The topological polar surface area (TPSA) is 0 Å². The number of fused-ring (bicyclic) bond motifs is 3. The van der Waals surface area contributed by atoms with E-state index in [1.54, 1.807) is 0 Å². The van der Waals surface area contributed by atoms with Gasteiger partial charge in [-0.25, -0.2) is 0 Å². The van der Waals surface area contributed by atoms with Gasteiger partial charge in [-0.2, -0.15) is 0 Å². The minimum Gasteiger partial charge on any atom is -0.135 e. The molecule has 110 valence electrons. The monoisotopic (exact) mass is 424 g/mol. The minimum atomic E-state index is 1.06. The molecule has 0 aliphatic carbocycles. The van der Waals surface area contributed by atoms with E-state index in [-0.39, 0.29) is 0 Å². The number of hydrogen-bond donors (Lipinski definition) is 0. The molecule has 3 aromatic rings. The quantitative estimate of drug-likeness (QED) is 0.413. The molecule has 0 aliphatic rings. The molecule has 0 aliphatic heterocycles. The zero-order chi connectivity index (χ0) is 15.1. The van der Waals surface area contributed by atoms with Crippen LogP contribution < -0.4 is 0 Å². The predicted octanol–water partition coefficient (Wildman–Crippen LogP) is 7.27. The second-order valence-electron chi connectivity index (χ2n) is 5.27. The van der Waals surface area contributed by atoms with Crippen LogP contribution in [0.15, 0.2) is 27.1 Å². The van der Waals surface area contributed by atoms with E-state index < -0.39 is 0 Å². The second kappa shape index (κ2) is 6.02. The first-order valence-corrected chi connectivity index (χ1v) is 9.86. The molecule has 1 aromatic heterocycles. The van der Waals surface area contributed by atoms with Gasteiger partial charge >= 0.3 is 0 Å². The van der Waals surface area contributed by atoms with Crippen LogP contribution in [0.5, 0.6) is 0 Å². The molecule has 0 saturated heterocycles. The summed E-state index contributed by atoms with van der Waals surface area (Å²) in [7, 11) is 0. The molecule has 0 spiro atoms. The average Bonchev–Trinajstić information content (AvgIpc) is 2.84. The highest BCUT2D eigenvalue weighted by atomic mass is 79.9. The molecule has 3 rings (SSSR count). The Kier molecular flexibility index (Phi) is 4.45. The summed E-state index contributed by atoms with van der Waals surface area (Å²) >= 11 is 9.49. The molecular formula is C18H18Br2S. The maximum atomic E-state index is 3.83. The molecule has 21 heavy (non-hydrogen) atoms. The van der Waals surface area contributed by atoms with Gasteiger partial charge in [-0.15, -0.1) is 11.3 Å². The summed E-state index contributed by atoms with van der Waals surface area (Å²) in [6.07, 6.45) is 3.20. The molecule has 0 atom stereocenters. The number of hydrogen-bond acceptors (Lipinski definition) is 1. The van der Waals surface area contributed by atoms with Crippen LogP contribution in [0.25, 0.3) is 20.2 Å². The fourth-order valence-electron chi connectivity index (χ4n) is 3.01. The Balaban J connectivity index is 2.51. The molecule has 3 heteroatoms. The summed E-state index contributed by atoms with van der Waals surface area (Å²) in [5.74, 6) is 0. The summed E-state index contributed by atoms with van der Waals surface area (Å²) < 4.78 is 5.43. The van der Waals surface area contributed by atoms with E-state index in [9.17, 15) is 0 Å². The van der Waals surface area contributed by atoms with Gasteiger partial charge in [0.25, 0.3) is 0 Å². The number of thiophene rings is 1. The Morgan fingerprint density at radius 1 is 0.857 bits per heavy atom. The van der Waals surface area contributed by atoms with E-state index in [1.165, 1.54) is 45.8 Å². The van der Waals surface area contributed by atoms with Crippen molar-refractivity contribution in [3.63, 3.8) is 0 Å². The highest BCUT2D eigenvalue weighted by molar-refractivity contribution is 9.10. The van der Waals surface area contributed by atoms with Crippen LogP contribution in [0.1, 0.15) is 37.5 Å². The van der Waals surface area contributed by atoms with E-state index in [0.717, 1.165) is 19.3 Å². The summed E-state index contributed by atoms with van der Waals surface area (Å²) in [4.78, 5) is 0. The van der Waals surface area contributed by atoms with E-state index in [4.69, 9.17) is 0 Å². The van der Waals surface area contributed by atoms with Crippen LogP contribution >= 0.6 is 43.2 Å². The highest BCUT2D eigenvalue weighted by Gasteiger charge is 2.16. The molecule has 0 saturated carbocycles. The Morgan fingerprint density at radius 2 is 1.52 bits per heavy atom. The van der Waals surface area contributed by atoms with Gasteiger partial charge in [0.05, 0.1) is 0 Å². The van der Waals surface area contributed by atoms with Gasteiger partial charge in [-0.1, -0.05) is 58.7 Å². The SMILES string of the molecule is CCc1cc2c(sc3c(CC)c(Br)ccc32)c(CC)c1Br. The largest absolute Gasteiger partial charge is 0.135 e. The number of benzene rings is 2. The highest BCUT2D eigenvalue weighted by Crippen LogP contribution is 2.43. The Labute approximate surface area is 146 Å². The summed E-state index contributed by atoms with van der Waals surface area (Å²) in [5, 5.41) is 2.83. The third kappa shape index (κ3) is 2.38. The van der Waals surface area contributed by atoms with Crippen molar-refractivity contribution in [1.29, 1.82) is 0 Å². The number of rotatable bonds is 3. The van der Waals surface area contributed by atoms with E-state index >= 15 is 0 Å². The van der Waals surface area contributed by atoms with Crippen molar-refractivity contribution in [2.75, 3.05) is 0 Å². The Bertz CT molecular complexity index is 830. The van der Waals surface area contributed by atoms with Gasteiger partial charge < -0.3 is 0 Å². The lowest BCUT2D eigenvalue weighted by atomic mass is 10.0. The van der Waals surface area contributed by atoms with Crippen molar-refractivity contribution < 1.29 is 0 Å². The summed E-state index contributed by atoms with van der Waals surface area (Å²) in [6, 6.07) is 6.85. The van der Waals surface area contributed by atoms with E-state index in [1.807, 2.05) is 11.3 Å². The van der Waals surface area contributed by atoms with Crippen molar-refractivity contribution in [3.05, 3.63) is 43.8 Å². The van der Waals surface area contributed by atoms with Crippen LogP contribution in [0.3, 0.4) is 0 Å². The zero-order valence-electron chi connectivity index (χ0n) is 12.5. The summed E-state index contributed by atoms with van der Waals surface area (Å²) in [5.41, 5.74) is 4.31.